The minimum absolute atomic E-state index is 0.130. The van der Waals surface area contributed by atoms with Crippen molar-refractivity contribution in [2.45, 2.75) is 254 Å². The molecule has 6 amide bonds. The molecule has 2 fully saturated rings. The lowest BCUT2D eigenvalue weighted by Gasteiger charge is -2.22. The Kier molecular flexibility index (Phi) is 41.9. The standard InChI is InChI=1S/C28H48N4O6.C27H45N3O6.C24H34O3/c1-7-8-9-12-17-36-23-20-24(37-18-13-10-11-14-31-27(35)38-28(2,3)4)22(19-21(23)25(29)33)26(34)30-15-16-32(5)6;1-6-8-9-12-16-35-23-19-22(20(24(28)31)18-21(23)25(32)29-14-7-2)34-17-13-10-11-15-30-26(33)36-27(3,4)5;1-17-13-24(27-2)21(23(26)15-19-11-7-4-8-12-19)16-20(17)22(25)14-18-9-5-3-6-10-18/h19-20H,7-18H2,1-6H3,(H2,29,33)(H,30,34)(H,31,35);18-19H,6-17H2,1-5H3,(H2,28,31)(H,29,32)(H,30,33);13,16,18-19H,3-12,14-15H2,1-2H3. The second kappa shape index (κ2) is 48.3. The molecule has 0 atom stereocenters. The number of benzene rings is 3. The lowest BCUT2D eigenvalue weighted by molar-refractivity contribution is 0.0515. The first-order valence-electron chi connectivity index (χ1n) is 37.5. The minimum Gasteiger partial charge on any atom is -0.496 e. The van der Waals surface area contributed by atoms with E-state index in [1.807, 2.05) is 86.5 Å². The van der Waals surface area contributed by atoms with E-state index in [4.69, 9.17) is 44.6 Å². The van der Waals surface area contributed by atoms with Crippen molar-refractivity contribution >= 4 is 47.4 Å². The molecule has 0 aliphatic heterocycles. The highest BCUT2D eigenvalue weighted by Gasteiger charge is 2.27. The number of ketones is 2. The number of hydrogen-bond donors (Lipinski definition) is 6. The van der Waals surface area contributed by atoms with E-state index >= 15 is 0 Å². The van der Waals surface area contributed by atoms with Crippen LogP contribution in [-0.4, -0.2) is 144 Å². The second-order valence-electron chi connectivity index (χ2n) is 28.9. The molecule has 0 saturated heterocycles. The van der Waals surface area contributed by atoms with Crippen LogP contribution < -0.4 is 56.4 Å². The van der Waals surface area contributed by atoms with Crippen LogP contribution in [0.5, 0.6) is 28.7 Å². The lowest BCUT2D eigenvalue weighted by Crippen LogP contribution is -2.33. The number of primary amides is 2. The Labute approximate surface area is 604 Å². The number of nitrogens with zero attached hydrogens (tertiary/aromatic N) is 1. The summed E-state index contributed by atoms with van der Waals surface area (Å²) in [6, 6.07) is 9.78. The van der Waals surface area contributed by atoms with Crippen LogP contribution in [0.1, 0.15) is 303 Å². The molecule has 0 spiro atoms. The third-order valence-corrected chi connectivity index (χ3v) is 17.1. The summed E-state index contributed by atoms with van der Waals surface area (Å²) in [6.07, 6.45) is 26.1. The van der Waals surface area contributed by atoms with E-state index in [0.29, 0.717) is 137 Å². The molecular formula is C79H127N7O15. The number of ether oxygens (including phenoxy) is 7. The number of likely N-dealkylation sites (N-methyl/N-ethyl adjacent to an activating group) is 1. The fraction of sp³-hybridized carbons (Fsp3) is 0.671. The van der Waals surface area contributed by atoms with Gasteiger partial charge in [0.1, 0.15) is 39.9 Å². The molecule has 22 nitrogen and oxygen atoms in total. The summed E-state index contributed by atoms with van der Waals surface area (Å²) in [5, 5.41) is 11.2. The molecule has 568 valence electrons. The Morgan fingerprint density at radius 2 is 0.792 bits per heavy atom. The lowest BCUT2D eigenvalue weighted by atomic mass is 9.83. The molecule has 8 N–H and O–H groups in total. The fourth-order valence-corrected chi connectivity index (χ4v) is 11.7. The zero-order valence-electron chi connectivity index (χ0n) is 63.8. The van der Waals surface area contributed by atoms with Crippen molar-refractivity contribution in [3.8, 4) is 28.7 Å². The summed E-state index contributed by atoms with van der Waals surface area (Å²) in [4.78, 5) is 101. The van der Waals surface area contributed by atoms with Crippen molar-refractivity contribution in [1.29, 1.82) is 0 Å². The quantitative estimate of drug-likeness (QED) is 0.0227. The van der Waals surface area contributed by atoms with E-state index < -0.39 is 35.2 Å². The van der Waals surface area contributed by atoms with Crippen LogP contribution >= 0.6 is 0 Å². The number of amides is 6. The molecule has 3 aromatic rings. The monoisotopic (exact) mass is 1410 g/mol. The topological polar surface area (TPSA) is 305 Å². The number of hydrogen-bond acceptors (Lipinski definition) is 16. The molecule has 2 aliphatic carbocycles. The molecule has 0 heterocycles. The van der Waals surface area contributed by atoms with Crippen LogP contribution in [0, 0.1) is 18.8 Å². The first kappa shape index (κ1) is 87.6. The van der Waals surface area contributed by atoms with Gasteiger partial charge in [0.15, 0.2) is 11.6 Å². The van der Waals surface area contributed by atoms with Gasteiger partial charge >= 0.3 is 12.2 Å². The van der Waals surface area contributed by atoms with Crippen molar-refractivity contribution in [3.05, 3.63) is 75.3 Å². The van der Waals surface area contributed by atoms with Crippen molar-refractivity contribution in [2.75, 3.05) is 80.4 Å². The number of rotatable bonds is 42. The van der Waals surface area contributed by atoms with E-state index in [0.717, 1.165) is 115 Å². The third-order valence-electron chi connectivity index (χ3n) is 17.1. The summed E-state index contributed by atoms with van der Waals surface area (Å²) >= 11 is 0. The molecule has 3 aromatic carbocycles. The van der Waals surface area contributed by atoms with Crippen LogP contribution in [0.15, 0.2) is 36.4 Å². The van der Waals surface area contributed by atoms with Crippen LogP contribution in [0.2, 0.25) is 0 Å². The van der Waals surface area contributed by atoms with Gasteiger partial charge in [-0.15, -0.1) is 0 Å². The highest BCUT2D eigenvalue weighted by Crippen LogP contribution is 2.35. The average Bonchev–Trinajstić information content (AvgIpc) is 0.823. The van der Waals surface area contributed by atoms with Gasteiger partial charge in [-0.05, 0) is 162 Å². The Bertz CT molecular complexity index is 3020. The van der Waals surface area contributed by atoms with Crippen LogP contribution in [0.25, 0.3) is 0 Å². The Morgan fingerprint density at radius 3 is 1.15 bits per heavy atom. The molecule has 0 radical (unpaired) electrons. The van der Waals surface area contributed by atoms with Crippen LogP contribution in [-0.2, 0) is 9.47 Å². The number of unbranched alkanes of at least 4 members (excludes halogenated alkanes) is 10. The second-order valence-corrected chi connectivity index (χ2v) is 28.9. The highest BCUT2D eigenvalue weighted by atomic mass is 16.6. The van der Waals surface area contributed by atoms with E-state index in [9.17, 15) is 38.4 Å². The first-order valence-corrected chi connectivity index (χ1v) is 37.5. The average molecular weight is 1410 g/mol. The molecule has 22 heteroatoms. The van der Waals surface area contributed by atoms with Crippen molar-refractivity contribution in [1.82, 2.24) is 26.2 Å². The van der Waals surface area contributed by atoms with Crippen LogP contribution in [0.3, 0.4) is 0 Å². The van der Waals surface area contributed by atoms with Gasteiger partial charge < -0.3 is 70.8 Å². The molecule has 5 rings (SSSR count). The van der Waals surface area contributed by atoms with Gasteiger partial charge in [0, 0.05) is 63.3 Å². The normalized spacial score (nSPS) is 13.2. The molecule has 2 saturated carbocycles. The van der Waals surface area contributed by atoms with Crippen molar-refractivity contribution in [3.63, 3.8) is 0 Å². The number of methoxy groups -OCH3 is 1. The fourth-order valence-electron chi connectivity index (χ4n) is 11.7. The molecule has 101 heavy (non-hydrogen) atoms. The molecular weight excluding hydrogens is 1290 g/mol. The van der Waals surface area contributed by atoms with Crippen molar-refractivity contribution in [2.24, 2.45) is 23.3 Å². The van der Waals surface area contributed by atoms with Gasteiger partial charge in [0.25, 0.3) is 23.6 Å². The zero-order chi connectivity index (χ0) is 74.8. The van der Waals surface area contributed by atoms with E-state index in [2.05, 4.69) is 35.1 Å². The number of alkyl carbamates (subject to hydrolysis) is 2. The van der Waals surface area contributed by atoms with Gasteiger partial charge in [0.05, 0.1) is 61.4 Å². The summed E-state index contributed by atoms with van der Waals surface area (Å²) < 4.78 is 39.6. The summed E-state index contributed by atoms with van der Waals surface area (Å²) in [5.74, 6) is 1.25. The molecule has 2 aliphatic rings. The highest BCUT2D eigenvalue weighted by molar-refractivity contribution is 6.05. The summed E-state index contributed by atoms with van der Waals surface area (Å²) in [5.41, 5.74) is 13.2. The van der Waals surface area contributed by atoms with E-state index in [1.165, 1.54) is 50.7 Å². The molecule has 0 unspecified atom stereocenters. The Morgan fingerprint density at radius 1 is 0.426 bits per heavy atom. The maximum absolute atomic E-state index is 13.0. The van der Waals surface area contributed by atoms with Crippen molar-refractivity contribution < 1.29 is 71.5 Å². The number of nitrogens with one attached hydrogen (secondary N) is 4. The SMILES string of the molecule is CCCCCCOc1cc(OCCCCCNC(=O)OC(C)(C)C)c(C(=O)NCCN(C)C)cc1C(N)=O.CCCCCCOc1cc(OCCCCCNC(=O)OC(C)(C)C)c(C(N)=O)cc1C(=O)NCCC.COc1cc(C)c(C(=O)CC2CCCCC2)cc1C(=O)CC1CCCCC1. The number of aryl methyl sites for hydroxylation is 1. The van der Waals surface area contributed by atoms with Gasteiger partial charge in [-0.25, -0.2) is 9.59 Å². The smallest absolute Gasteiger partial charge is 0.407 e. The van der Waals surface area contributed by atoms with Gasteiger partial charge in [-0.3, -0.25) is 28.8 Å². The largest absolute Gasteiger partial charge is 0.496 e. The van der Waals surface area contributed by atoms with E-state index in [1.54, 1.807) is 19.2 Å². The number of nitrogens with two attached hydrogens (primary N) is 2. The number of carbonyl (C=O) groups excluding carboxylic acids is 8. The minimum atomic E-state index is -0.675. The maximum Gasteiger partial charge on any atom is 0.407 e. The number of Topliss-reactive ketones (excluding diaryl/α,β-unsaturated/α-hetero) is 2. The Hall–Kier alpha value is -7.62. The third kappa shape index (κ3) is 36.2. The maximum atomic E-state index is 13.0. The number of carbonyl (C=O) groups is 8. The first-order chi connectivity index (χ1) is 48.1. The van der Waals surface area contributed by atoms with E-state index in [-0.39, 0.29) is 45.6 Å². The zero-order valence-corrected chi connectivity index (χ0v) is 63.8. The summed E-state index contributed by atoms with van der Waals surface area (Å²) in [6.45, 7) is 23.3. The van der Waals surface area contributed by atoms with Gasteiger partial charge in [0.2, 0.25) is 0 Å². The van der Waals surface area contributed by atoms with Gasteiger partial charge in [-0.2, -0.15) is 0 Å². The molecule has 0 bridgehead atoms. The molecule has 0 aromatic heterocycles. The van der Waals surface area contributed by atoms with Gasteiger partial charge in [-0.1, -0.05) is 124 Å². The predicted octanol–water partition coefficient (Wildman–Crippen LogP) is 15.4. The summed E-state index contributed by atoms with van der Waals surface area (Å²) in [7, 11) is 5.44. The Balaban J connectivity index is 0.000000399. The predicted molar refractivity (Wildman–Crippen MR) is 399 cm³/mol. The van der Waals surface area contributed by atoms with Crippen LogP contribution in [0.4, 0.5) is 9.59 Å².